The van der Waals surface area contributed by atoms with Crippen molar-refractivity contribution in [2.24, 2.45) is 0 Å². The lowest BCUT2D eigenvalue weighted by Gasteiger charge is -2.16. The zero-order valence-corrected chi connectivity index (χ0v) is 11.2. The second-order valence-electron chi connectivity index (χ2n) is 5.44. The third-order valence-electron chi connectivity index (χ3n) is 4.14. The molecule has 0 radical (unpaired) electrons. The van der Waals surface area contributed by atoms with Gasteiger partial charge in [0.25, 0.3) is 0 Å². The lowest BCUT2D eigenvalue weighted by atomic mass is 10.1. The number of hydrogen-bond donors (Lipinski definition) is 2. The topological polar surface area (TPSA) is 50.4 Å². The number of carbonyl (C=O) groups excluding carboxylic acids is 1. The highest BCUT2D eigenvalue weighted by atomic mass is 16.5. The molecule has 1 aromatic carbocycles. The first-order valence-electron chi connectivity index (χ1n) is 6.89. The van der Waals surface area contributed by atoms with Gasteiger partial charge in [-0.1, -0.05) is 24.3 Å². The summed E-state index contributed by atoms with van der Waals surface area (Å²) in [7, 11) is 1.69. The van der Waals surface area contributed by atoms with E-state index in [9.17, 15) is 4.79 Å². The zero-order chi connectivity index (χ0) is 13.2. The van der Waals surface area contributed by atoms with E-state index in [2.05, 4.69) is 34.9 Å². The van der Waals surface area contributed by atoms with E-state index >= 15 is 0 Å². The van der Waals surface area contributed by atoms with Gasteiger partial charge in [-0.05, 0) is 30.4 Å². The fourth-order valence-electron chi connectivity index (χ4n) is 3.05. The number of carbonyl (C=O) groups is 1. The van der Waals surface area contributed by atoms with Crippen molar-refractivity contribution in [3.8, 4) is 0 Å². The highest BCUT2D eigenvalue weighted by Crippen LogP contribution is 2.22. The molecule has 102 valence electrons. The molecular weight excluding hydrogens is 240 g/mol. The summed E-state index contributed by atoms with van der Waals surface area (Å²) in [6.45, 7) is 0.763. The Labute approximate surface area is 113 Å². The quantitative estimate of drug-likeness (QED) is 0.839. The first-order chi connectivity index (χ1) is 9.26. The Morgan fingerprint density at radius 2 is 2.00 bits per heavy atom. The van der Waals surface area contributed by atoms with Gasteiger partial charge in [0.15, 0.2) is 0 Å². The van der Waals surface area contributed by atoms with Crippen LogP contribution in [-0.2, 0) is 22.4 Å². The number of benzene rings is 1. The molecule has 1 aromatic rings. The van der Waals surface area contributed by atoms with E-state index in [1.807, 2.05) is 0 Å². The fourth-order valence-corrected chi connectivity index (χ4v) is 3.05. The van der Waals surface area contributed by atoms with Gasteiger partial charge in [-0.2, -0.15) is 0 Å². The molecule has 2 atom stereocenters. The smallest absolute Gasteiger partial charge is 0.237 e. The Kier molecular flexibility index (Phi) is 3.53. The largest absolute Gasteiger partial charge is 0.380 e. The molecule has 0 saturated carbocycles. The Morgan fingerprint density at radius 3 is 2.58 bits per heavy atom. The second-order valence-corrected chi connectivity index (χ2v) is 5.44. The SMILES string of the molecule is COC1CNC(C(=O)NC2Cc3ccccc3C2)C1. The van der Waals surface area contributed by atoms with Crippen molar-refractivity contribution in [2.75, 3.05) is 13.7 Å². The molecule has 1 saturated heterocycles. The summed E-state index contributed by atoms with van der Waals surface area (Å²) in [6, 6.07) is 8.56. The minimum atomic E-state index is -0.103. The Morgan fingerprint density at radius 1 is 1.32 bits per heavy atom. The van der Waals surface area contributed by atoms with Crippen LogP contribution >= 0.6 is 0 Å². The molecule has 0 bridgehead atoms. The molecule has 2 aliphatic rings. The molecule has 0 aromatic heterocycles. The summed E-state index contributed by atoms with van der Waals surface area (Å²) >= 11 is 0. The van der Waals surface area contributed by atoms with E-state index in [0.717, 1.165) is 25.8 Å². The standard InChI is InChI=1S/C15H20N2O2/c1-19-13-8-14(16-9-13)15(18)17-12-6-10-4-2-3-5-11(10)7-12/h2-5,12-14,16H,6-9H2,1H3,(H,17,18). The molecule has 3 rings (SSSR count). The van der Waals surface area contributed by atoms with Gasteiger partial charge in [0, 0.05) is 19.7 Å². The Bertz CT molecular complexity index is 450. The lowest BCUT2D eigenvalue weighted by molar-refractivity contribution is -0.123. The van der Waals surface area contributed by atoms with E-state index in [0.29, 0.717) is 0 Å². The van der Waals surface area contributed by atoms with Gasteiger partial charge in [-0.15, -0.1) is 0 Å². The summed E-state index contributed by atoms with van der Waals surface area (Å²) in [5, 5.41) is 6.37. The third-order valence-corrected chi connectivity index (χ3v) is 4.14. The minimum absolute atomic E-state index is 0.103. The molecule has 1 heterocycles. The van der Waals surface area contributed by atoms with Gasteiger partial charge in [0.2, 0.25) is 5.91 Å². The van der Waals surface area contributed by atoms with Gasteiger partial charge in [-0.3, -0.25) is 4.79 Å². The predicted molar refractivity (Wildman–Crippen MR) is 73.0 cm³/mol. The maximum absolute atomic E-state index is 12.2. The van der Waals surface area contributed by atoms with Crippen LogP contribution < -0.4 is 10.6 Å². The van der Waals surface area contributed by atoms with Crippen LogP contribution in [-0.4, -0.2) is 37.7 Å². The van der Waals surface area contributed by atoms with Crippen LogP contribution in [0.25, 0.3) is 0 Å². The number of fused-ring (bicyclic) bond motifs is 1. The Hall–Kier alpha value is -1.39. The van der Waals surface area contributed by atoms with E-state index < -0.39 is 0 Å². The number of amides is 1. The van der Waals surface area contributed by atoms with Crippen LogP contribution in [0.1, 0.15) is 17.5 Å². The Balaban J connectivity index is 1.55. The molecule has 2 N–H and O–H groups in total. The third kappa shape index (κ3) is 2.65. The van der Waals surface area contributed by atoms with E-state index in [1.165, 1.54) is 11.1 Å². The van der Waals surface area contributed by atoms with Crippen molar-refractivity contribution < 1.29 is 9.53 Å². The summed E-state index contributed by atoms with van der Waals surface area (Å²) < 4.78 is 5.27. The van der Waals surface area contributed by atoms with Crippen LogP contribution in [0.15, 0.2) is 24.3 Å². The van der Waals surface area contributed by atoms with E-state index in [1.54, 1.807) is 7.11 Å². The molecule has 4 nitrogen and oxygen atoms in total. The predicted octanol–water partition coefficient (Wildman–Crippen LogP) is 0.647. The first kappa shape index (κ1) is 12.6. The number of ether oxygens (including phenoxy) is 1. The molecule has 2 unspecified atom stereocenters. The number of methoxy groups -OCH3 is 1. The van der Waals surface area contributed by atoms with E-state index in [-0.39, 0.29) is 24.1 Å². The maximum Gasteiger partial charge on any atom is 0.237 e. The highest BCUT2D eigenvalue weighted by Gasteiger charge is 2.31. The highest BCUT2D eigenvalue weighted by molar-refractivity contribution is 5.82. The molecule has 4 heteroatoms. The summed E-state index contributed by atoms with van der Waals surface area (Å²) in [6.07, 6.45) is 2.82. The average Bonchev–Trinajstić information content (AvgIpc) is 3.04. The van der Waals surface area contributed by atoms with Gasteiger partial charge in [0.1, 0.15) is 0 Å². The molecule has 1 fully saturated rings. The normalized spacial score (nSPS) is 26.4. The average molecular weight is 260 g/mol. The summed E-state index contributed by atoms with van der Waals surface area (Å²) in [5.41, 5.74) is 2.73. The fraction of sp³-hybridized carbons (Fsp3) is 0.533. The van der Waals surface area contributed by atoms with Crippen LogP contribution in [0.3, 0.4) is 0 Å². The number of rotatable bonds is 3. The van der Waals surface area contributed by atoms with Crippen LogP contribution in [0.4, 0.5) is 0 Å². The van der Waals surface area contributed by atoms with Gasteiger partial charge >= 0.3 is 0 Å². The number of nitrogens with one attached hydrogen (secondary N) is 2. The molecule has 1 aliphatic carbocycles. The van der Waals surface area contributed by atoms with Crippen LogP contribution in [0, 0.1) is 0 Å². The van der Waals surface area contributed by atoms with Crippen molar-refractivity contribution in [1.82, 2.24) is 10.6 Å². The molecule has 1 aliphatic heterocycles. The van der Waals surface area contributed by atoms with Gasteiger partial charge < -0.3 is 15.4 Å². The maximum atomic E-state index is 12.2. The van der Waals surface area contributed by atoms with E-state index in [4.69, 9.17) is 4.74 Å². The van der Waals surface area contributed by atoms with Crippen LogP contribution in [0.5, 0.6) is 0 Å². The summed E-state index contributed by atoms with van der Waals surface area (Å²) in [4.78, 5) is 12.2. The summed E-state index contributed by atoms with van der Waals surface area (Å²) in [5.74, 6) is 0.109. The molecule has 19 heavy (non-hydrogen) atoms. The van der Waals surface area contributed by atoms with Crippen molar-refractivity contribution in [1.29, 1.82) is 0 Å². The molecular formula is C15H20N2O2. The lowest BCUT2D eigenvalue weighted by Crippen LogP contribution is -2.45. The van der Waals surface area contributed by atoms with Crippen molar-refractivity contribution in [2.45, 2.75) is 37.5 Å². The second kappa shape index (κ2) is 5.31. The van der Waals surface area contributed by atoms with Gasteiger partial charge in [0.05, 0.1) is 12.1 Å². The van der Waals surface area contributed by atoms with Crippen molar-refractivity contribution >= 4 is 5.91 Å². The van der Waals surface area contributed by atoms with Crippen molar-refractivity contribution in [3.05, 3.63) is 35.4 Å². The molecule has 0 spiro atoms. The molecule has 1 amide bonds. The number of hydrogen-bond acceptors (Lipinski definition) is 3. The first-order valence-corrected chi connectivity index (χ1v) is 6.89. The van der Waals surface area contributed by atoms with Gasteiger partial charge in [-0.25, -0.2) is 0 Å². The van der Waals surface area contributed by atoms with Crippen LogP contribution in [0.2, 0.25) is 0 Å². The van der Waals surface area contributed by atoms with Crippen molar-refractivity contribution in [3.63, 3.8) is 0 Å². The zero-order valence-electron chi connectivity index (χ0n) is 11.2. The monoisotopic (exact) mass is 260 g/mol. The minimum Gasteiger partial charge on any atom is -0.380 e.